The smallest absolute Gasteiger partial charge is 0.410 e. The molecule has 0 aromatic heterocycles. The van der Waals surface area contributed by atoms with E-state index in [0.717, 1.165) is 0 Å². The van der Waals surface area contributed by atoms with Gasteiger partial charge in [0.15, 0.2) is 0 Å². The van der Waals surface area contributed by atoms with E-state index in [2.05, 4.69) is 15.9 Å². The number of ether oxygens (including phenoxy) is 2. The highest BCUT2D eigenvalue weighted by molar-refractivity contribution is 9.10. The molecule has 0 saturated carbocycles. The highest BCUT2D eigenvalue weighted by atomic mass is 79.9. The number of likely N-dealkylation sites (N-methyl/N-ethyl adjacent to an activating group) is 1. The minimum Gasteiger partial charge on any atom is -0.491 e. The highest BCUT2D eigenvalue weighted by Gasteiger charge is 2.33. The van der Waals surface area contributed by atoms with Crippen molar-refractivity contribution < 1.29 is 18.7 Å². The Balaban J connectivity index is 2.21. The van der Waals surface area contributed by atoms with Crippen LogP contribution in [0.25, 0.3) is 0 Å². The Labute approximate surface area is 126 Å². The van der Waals surface area contributed by atoms with Gasteiger partial charge in [-0.3, -0.25) is 0 Å². The Bertz CT molecular complexity index is 542. The Morgan fingerprint density at radius 2 is 2.15 bits per heavy atom. The summed E-state index contributed by atoms with van der Waals surface area (Å²) in [5.74, 6) is 0.204. The van der Waals surface area contributed by atoms with E-state index in [1.165, 1.54) is 11.0 Å². The number of benzene rings is 1. The number of fused-ring (bicyclic) bond motifs is 1. The summed E-state index contributed by atoms with van der Waals surface area (Å²) in [4.78, 5) is 13.5. The summed E-state index contributed by atoms with van der Waals surface area (Å²) in [7, 11) is 1.62. The van der Waals surface area contributed by atoms with Gasteiger partial charge in [-0.2, -0.15) is 0 Å². The monoisotopic (exact) mass is 345 g/mol. The van der Waals surface area contributed by atoms with Gasteiger partial charge >= 0.3 is 6.09 Å². The summed E-state index contributed by atoms with van der Waals surface area (Å²) in [5.41, 5.74) is 0.0811. The van der Waals surface area contributed by atoms with Gasteiger partial charge in [0, 0.05) is 12.6 Å². The summed E-state index contributed by atoms with van der Waals surface area (Å²) in [6, 6.07) is 2.62. The first-order chi connectivity index (χ1) is 9.19. The number of carbonyl (C=O) groups is 1. The molecule has 1 atom stereocenters. The summed E-state index contributed by atoms with van der Waals surface area (Å²) >= 11 is 3.11. The molecular weight excluding hydrogens is 329 g/mol. The second-order valence-corrected chi connectivity index (χ2v) is 6.58. The second-order valence-electron chi connectivity index (χ2n) is 5.72. The molecule has 0 N–H and O–H groups in total. The van der Waals surface area contributed by atoms with Crippen LogP contribution in [0.15, 0.2) is 16.6 Å². The Hall–Kier alpha value is -1.30. The second kappa shape index (κ2) is 5.24. The van der Waals surface area contributed by atoms with E-state index in [0.29, 0.717) is 22.4 Å². The number of rotatable bonds is 1. The maximum absolute atomic E-state index is 13.6. The van der Waals surface area contributed by atoms with Gasteiger partial charge in [-0.05, 0) is 48.8 Å². The zero-order chi connectivity index (χ0) is 15.1. The summed E-state index contributed by atoms with van der Waals surface area (Å²) < 4.78 is 24.8. The molecule has 0 fully saturated rings. The lowest BCUT2D eigenvalue weighted by Crippen LogP contribution is -2.37. The molecular formula is C14H17BrFNO3. The minimum absolute atomic E-state index is 0.293. The maximum Gasteiger partial charge on any atom is 0.410 e. The Morgan fingerprint density at radius 1 is 1.50 bits per heavy atom. The maximum atomic E-state index is 13.6. The first-order valence-corrected chi connectivity index (χ1v) is 7.06. The summed E-state index contributed by atoms with van der Waals surface area (Å²) in [6.07, 6.45) is -0.456. The summed E-state index contributed by atoms with van der Waals surface area (Å²) in [6.45, 7) is 5.69. The molecule has 6 heteroatoms. The number of carbonyl (C=O) groups excluding carboxylic acids is 1. The van der Waals surface area contributed by atoms with Crippen molar-refractivity contribution in [3.05, 3.63) is 28.0 Å². The van der Waals surface area contributed by atoms with E-state index < -0.39 is 11.7 Å². The predicted molar refractivity (Wildman–Crippen MR) is 76.3 cm³/mol. The molecule has 1 heterocycles. The van der Waals surface area contributed by atoms with Gasteiger partial charge in [0.05, 0.1) is 10.5 Å². The molecule has 0 spiro atoms. The fraction of sp³-hybridized carbons (Fsp3) is 0.500. The van der Waals surface area contributed by atoms with Gasteiger partial charge in [0.2, 0.25) is 0 Å². The first kappa shape index (κ1) is 15.1. The average Bonchev–Trinajstić information content (AvgIpc) is 2.69. The molecule has 110 valence electrons. The molecule has 0 unspecified atom stereocenters. The van der Waals surface area contributed by atoms with Crippen LogP contribution >= 0.6 is 15.9 Å². The van der Waals surface area contributed by atoms with Gasteiger partial charge in [-0.25, -0.2) is 9.18 Å². The minimum atomic E-state index is -0.571. The zero-order valence-electron chi connectivity index (χ0n) is 11.9. The molecule has 1 aliphatic rings. The lowest BCUT2D eigenvalue weighted by atomic mass is 10.1. The van der Waals surface area contributed by atoms with Crippen LogP contribution in [0.3, 0.4) is 0 Å². The van der Waals surface area contributed by atoms with Gasteiger partial charge in [-0.1, -0.05) is 0 Å². The van der Waals surface area contributed by atoms with E-state index in [1.807, 2.05) is 0 Å². The fourth-order valence-corrected chi connectivity index (χ4v) is 2.29. The van der Waals surface area contributed by atoms with Crippen molar-refractivity contribution in [3.63, 3.8) is 0 Å². The number of amides is 1. The molecule has 0 bridgehead atoms. The van der Waals surface area contributed by atoms with E-state index >= 15 is 0 Å². The largest absolute Gasteiger partial charge is 0.491 e. The van der Waals surface area contributed by atoms with Crippen LogP contribution in [-0.2, 0) is 4.74 Å². The molecule has 1 aromatic carbocycles. The molecule has 0 radical (unpaired) electrons. The lowest BCUT2D eigenvalue weighted by molar-refractivity contribution is 0.0201. The zero-order valence-corrected chi connectivity index (χ0v) is 13.5. The molecule has 1 aromatic rings. The standard InChI is InChI=1S/C14H17BrFNO3/c1-14(2,3)20-13(18)17(4)11-7-19-12-6-9(15)10(16)5-8(11)12/h5-6,11H,7H2,1-4H3/t11-/m1/s1. The number of hydrogen-bond acceptors (Lipinski definition) is 3. The molecule has 0 saturated heterocycles. The third-order valence-electron chi connectivity index (χ3n) is 2.96. The van der Waals surface area contributed by atoms with Crippen LogP contribution in [0.1, 0.15) is 32.4 Å². The SMILES string of the molecule is CN(C(=O)OC(C)(C)C)[C@@H]1COc2cc(Br)c(F)cc21. The van der Waals surface area contributed by atoms with Crippen LogP contribution in [0, 0.1) is 5.82 Å². The topological polar surface area (TPSA) is 38.8 Å². The molecule has 4 nitrogen and oxygen atoms in total. The average molecular weight is 346 g/mol. The van der Waals surface area contributed by atoms with Gasteiger partial charge in [-0.15, -0.1) is 0 Å². The number of nitrogens with zero attached hydrogens (tertiary/aromatic N) is 1. The lowest BCUT2D eigenvalue weighted by Gasteiger charge is -2.28. The van der Waals surface area contributed by atoms with Crippen LogP contribution in [0.5, 0.6) is 5.75 Å². The highest BCUT2D eigenvalue weighted by Crippen LogP contribution is 2.38. The quantitative estimate of drug-likeness (QED) is 0.774. The van der Waals surface area contributed by atoms with Crippen molar-refractivity contribution in [2.45, 2.75) is 32.4 Å². The van der Waals surface area contributed by atoms with Crippen molar-refractivity contribution in [2.24, 2.45) is 0 Å². The van der Waals surface area contributed by atoms with E-state index in [4.69, 9.17) is 9.47 Å². The molecule has 20 heavy (non-hydrogen) atoms. The normalized spacial score (nSPS) is 17.4. The third kappa shape index (κ3) is 3.06. The van der Waals surface area contributed by atoms with E-state index in [9.17, 15) is 9.18 Å². The van der Waals surface area contributed by atoms with Crippen molar-refractivity contribution in [1.82, 2.24) is 4.90 Å². The van der Waals surface area contributed by atoms with Gasteiger partial charge < -0.3 is 14.4 Å². The molecule has 2 rings (SSSR count). The number of halogens is 2. The van der Waals surface area contributed by atoms with Crippen LogP contribution in [-0.4, -0.2) is 30.2 Å². The van der Waals surface area contributed by atoms with Crippen LogP contribution < -0.4 is 4.74 Å². The third-order valence-corrected chi connectivity index (χ3v) is 3.57. The molecule has 0 aliphatic carbocycles. The predicted octanol–water partition coefficient (Wildman–Crippen LogP) is 3.89. The Morgan fingerprint density at radius 3 is 2.75 bits per heavy atom. The van der Waals surface area contributed by atoms with E-state index in [-0.39, 0.29) is 11.9 Å². The van der Waals surface area contributed by atoms with Crippen LogP contribution in [0.2, 0.25) is 0 Å². The molecule has 1 amide bonds. The van der Waals surface area contributed by atoms with Gasteiger partial charge in [0.1, 0.15) is 23.8 Å². The van der Waals surface area contributed by atoms with Crippen molar-refractivity contribution >= 4 is 22.0 Å². The number of hydrogen-bond donors (Lipinski definition) is 0. The van der Waals surface area contributed by atoms with Crippen molar-refractivity contribution in [2.75, 3.05) is 13.7 Å². The van der Waals surface area contributed by atoms with Crippen LogP contribution in [0.4, 0.5) is 9.18 Å². The van der Waals surface area contributed by atoms with Gasteiger partial charge in [0.25, 0.3) is 0 Å². The fourth-order valence-electron chi connectivity index (χ4n) is 1.97. The molecule has 1 aliphatic heterocycles. The van der Waals surface area contributed by atoms with Crippen molar-refractivity contribution in [3.8, 4) is 5.75 Å². The summed E-state index contributed by atoms with van der Waals surface area (Å²) in [5, 5.41) is 0. The van der Waals surface area contributed by atoms with Crippen molar-refractivity contribution in [1.29, 1.82) is 0 Å². The first-order valence-electron chi connectivity index (χ1n) is 6.26. The Kier molecular flexibility index (Phi) is 3.95. The van der Waals surface area contributed by atoms with E-state index in [1.54, 1.807) is 33.9 Å².